The van der Waals surface area contributed by atoms with Crippen LogP contribution < -0.4 is 0 Å². The molecule has 2 saturated heterocycles. The molecule has 5 rings (SSSR count). The predicted molar refractivity (Wildman–Crippen MR) is 114 cm³/mol. The van der Waals surface area contributed by atoms with E-state index in [9.17, 15) is 8.78 Å². The number of thiophene rings is 1. The normalized spacial score (nSPS) is 27.8. The minimum Gasteiger partial charge on any atom is -0.381 e. The zero-order valence-electron chi connectivity index (χ0n) is 17.9. The van der Waals surface area contributed by atoms with E-state index < -0.39 is 6.43 Å². The molecule has 0 saturated carbocycles. The number of likely N-dealkylation sites (tertiary alicyclic amines) is 1. The van der Waals surface area contributed by atoms with Crippen molar-refractivity contribution in [3.63, 3.8) is 0 Å². The number of rotatable bonds is 5. The maximum Gasteiger partial charge on any atom is 0.243 e. The molecule has 0 aliphatic carbocycles. The van der Waals surface area contributed by atoms with Crippen molar-refractivity contribution in [3.05, 3.63) is 33.3 Å². The van der Waals surface area contributed by atoms with Gasteiger partial charge in [-0.25, -0.2) is 13.5 Å². The summed E-state index contributed by atoms with van der Waals surface area (Å²) in [4.78, 5) is 4.41. The van der Waals surface area contributed by atoms with Gasteiger partial charge in [0.15, 0.2) is 0 Å². The molecule has 0 aromatic carbocycles. The van der Waals surface area contributed by atoms with Gasteiger partial charge in [-0.3, -0.25) is 4.90 Å². The summed E-state index contributed by atoms with van der Waals surface area (Å²) in [5.41, 5.74) is 1.88. The van der Waals surface area contributed by atoms with Crippen molar-refractivity contribution >= 4 is 11.3 Å². The highest BCUT2D eigenvalue weighted by atomic mass is 32.1. The Balaban J connectivity index is 1.26. The van der Waals surface area contributed by atoms with Crippen LogP contribution in [0.1, 0.15) is 59.7 Å². The number of hydrogen-bond acceptors (Lipinski definition) is 6. The molecule has 170 valence electrons. The average Bonchev–Trinajstić information content (AvgIpc) is 3.38. The summed E-state index contributed by atoms with van der Waals surface area (Å²) in [7, 11) is 0. The van der Waals surface area contributed by atoms with E-state index in [4.69, 9.17) is 9.47 Å². The fourth-order valence-electron chi connectivity index (χ4n) is 5.28. The van der Waals surface area contributed by atoms with Gasteiger partial charge in [0, 0.05) is 48.5 Å². The molecule has 0 radical (unpaired) electrons. The lowest BCUT2D eigenvalue weighted by Gasteiger charge is -2.46. The Bertz CT molecular complexity index is 898. The van der Waals surface area contributed by atoms with Gasteiger partial charge in [-0.05, 0) is 50.7 Å². The number of piperidine rings is 1. The summed E-state index contributed by atoms with van der Waals surface area (Å²) < 4.78 is 39.6. The zero-order valence-corrected chi connectivity index (χ0v) is 18.8. The Morgan fingerprint density at radius 2 is 2.13 bits per heavy atom. The average molecular weight is 453 g/mol. The Hall–Kier alpha value is -1.42. The first kappa shape index (κ1) is 21.4. The Kier molecular flexibility index (Phi) is 6.11. The van der Waals surface area contributed by atoms with E-state index in [1.807, 2.05) is 10.7 Å². The number of fused-ring (bicyclic) bond motifs is 2. The first-order valence-corrected chi connectivity index (χ1v) is 12.1. The number of nitrogens with zero attached hydrogens (tertiary/aromatic N) is 4. The van der Waals surface area contributed by atoms with E-state index in [1.54, 1.807) is 0 Å². The van der Waals surface area contributed by atoms with E-state index in [0.717, 1.165) is 69.0 Å². The molecule has 9 heteroatoms. The first-order chi connectivity index (χ1) is 15.0. The van der Waals surface area contributed by atoms with Gasteiger partial charge in [-0.15, -0.1) is 16.4 Å². The quantitative estimate of drug-likeness (QED) is 0.688. The minimum absolute atomic E-state index is 0.155. The Morgan fingerprint density at radius 1 is 1.29 bits per heavy atom. The van der Waals surface area contributed by atoms with Gasteiger partial charge >= 0.3 is 0 Å². The van der Waals surface area contributed by atoms with Crippen LogP contribution in [0.25, 0.3) is 0 Å². The molecule has 0 bridgehead atoms. The lowest BCUT2D eigenvalue weighted by molar-refractivity contribution is -0.110. The topological polar surface area (TPSA) is 52.4 Å². The van der Waals surface area contributed by atoms with Gasteiger partial charge in [0.25, 0.3) is 0 Å². The lowest BCUT2D eigenvalue weighted by Crippen LogP contribution is -2.50. The van der Waals surface area contributed by atoms with Crippen LogP contribution in [0.3, 0.4) is 0 Å². The van der Waals surface area contributed by atoms with Gasteiger partial charge in [0.2, 0.25) is 6.43 Å². The lowest BCUT2D eigenvalue weighted by atomic mass is 9.82. The van der Waals surface area contributed by atoms with Crippen LogP contribution in [0, 0.1) is 0 Å². The largest absolute Gasteiger partial charge is 0.381 e. The molecule has 2 aromatic heterocycles. The highest BCUT2D eigenvalue weighted by molar-refractivity contribution is 7.12. The van der Waals surface area contributed by atoms with Crippen LogP contribution >= 0.6 is 11.3 Å². The van der Waals surface area contributed by atoms with Crippen LogP contribution in [-0.4, -0.2) is 58.7 Å². The van der Waals surface area contributed by atoms with Gasteiger partial charge in [-0.2, -0.15) is 0 Å². The van der Waals surface area contributed by atoms with Gasteiger partial charge in [0.05, 0.1) is 24.5 Å². The molecule has 3 aliphatic heterocycles. The highest BCUT2D eigenvalue weighted by Gasteiger charge is 2.45. The maximum absolute atomic E-state index is 12.9. The molecule has 0 unspecified atom stereocenters. The number of hydrogen-bond donors (Lipinski definition) is 0. The number of halogens is 2. The van der Waals surface area contributed by atoms with Crippen molar-refractivity contribution in [2.24, 2.45) is 0 Å². The first-order valence-electron chi connectivity index (χ1n) is 11.3. The smallest absolute Gasteiger partial charge is 0.243 e. The molecule has 1 spiro atoms. The number of alkyl halides is 2. The molecule has 2 fully saturated rings. The molecule has 3 aliphatic rings. The molecule has 2 atom stereocenters. The maximum atomic E-state index is 12.9. The van der Waals surface area contributed by atoms with Crippen molar-refractivity contribution in [2.75, 3.05) is 26.4 Å². The van der Waals surface area contributed by atoms with Crippen molar-refractivity contribution in [1.29, 1.82) is 0 Å². The minimum atomic E-state index is -2.30. The standard InChI is InChI=1S/C22H30F2N4O2S/c1-15-12-22(21-16(2-9-30-22)10-19(31-21)11-20(23)24)5-6-27(15)13-17-14-28(26-25-17)18-3-7-29-8-4-18/h10,14-15,18,20H,2-9,11-13H2,1H3/t15-,22+/m0/s1. The molecule has 0 amide bonds. The third-order valence-electron chi connectivity index (χ3n) is 6.92. The van der Waals surface area contributed by atoms with Crippen LogP contribution in [0.5, 0.6) is 0 Å². The number of ether oxygens (including phenoxy) is 2. The molecule has 2 aromatic rings. The third kappa shape index (κ3) is 4.42. The molecular weight excluding hydrogens is 422 g/mol. The van der Waals surface area contributed by atoms with Crippen molar-refractivity contribution in [2.45, 2.75) is 76.1 Å². The monoisotopic (exact) mass is 452 g/mol. The highest BCUT2D eigenvalue weighted by Crippen LogP contribution is 2.47. The zero-order chi connectivity index (χ0) is 21.4. The van der Waals surface area contributed by atoms with Crippen LogP contribution in [0.15, 0.2) is 12.3 Å². The summed E-state index contributed by atoms with van der Waals surface area (Å²) in [6, 6.07) is 2.68. The van der Waals surface area contributed by atoms with Gasteiger partial charge < -0.3 is 9.47 Å². The van der Waals surface area contributed by atoms with E-state index in [0.29, 0.717) is 18.7 Å². The van der Waals surface area contributed by atoms with Crippen molar-refractivity contribution in [1.82, 2.24) is 19.9 Å². The summed E-state index contributed by atoms with van der Waals surface area (Å²) >= 11 is 1.54. The predicted octanol–water partition coefficient (Wildman–Crippen LogP) is 3.95. The summed E-state index contributed by atoms with van der Waals surface area (Å²) in [5.74, 6) is 0. The summed E-state index contributed by atoms with van der Waals surface area (Å²) in [5, 5.41) is 8.79. The summed E-state index contributed by atoms with van der Waals surface area (Å²) in [6.07, 6.45) is 4.18. The number of aromatic nitrogens is 3. The van der Waals surface area contributed by atoms with Crippen LogP contribution in [-0.2, 0) is 34.5 Å². The SMILES string of the molecule is C[C@H]1C[C@@]2(CCN1Cc1cn(C3CCOCC3)nn1)OCCc1cc(CC(F)F)sc12. The van der Waals surface area contributed by atoms with Gasteiger partial charge in [0.1, 0.15) is 5.60 Å². The van der Waals surface area contributed by atoms with Crippen LogP contribution in [0.2, 0.25) is 0 Å². The Morgan fingerprint density at radius 3 is 2.90 bits per heavy atom. The van der Waals surface area contributed by atoms with E-state index >= 15 is 0 Å². The second-order valence-corrected chi connectivity index (χ2v) is 10.2. The van der Waals surface area contributed by atoms with Crippen LogP contribution in [0.4, 0.5) is 8.78 Å². The van der Waals surface area contributed by atoms with Crippen molar-refractivity contribution in [3.8, 4) is 0 Å². The van der Waals surface area contributed by atoms with E-state index in [-0.39, 0.29) is 12.0 Å². The fourth-order valence-corrected chi connectivity index (χ4v) is 6.67. The van der Waals surface area contributed by atoms with E-state index in [1.165, 1.54) is 21.8 Å². The summed E-state index contributed by atoms with van der Waals surface area (Å²) in [6.45, 7) is 6.14. The molecule has 0 N–H and O–H groups in total. The third-order valence-corrected chi connectivity index (χ3v) is 8.30. The Labute approximate surface area is 185 Å². The van der Waals surface area contributed by atoms with Crippen molar-refractivity contribution < 1.29 is 18.3 Å². The molecule has 31 heavy (non-hydrogen) atoms. The van der Waals surface area contributed by atoms with Gasteiger partial charge in [-0.1, -0.05) is 5.21 Å². The molecule has 5 heterocycles. The van der Waals surface area contributed by atoms with E-state index in [2.05, 4.69) is 28.3 Å². The molecule has 6 nitrogen and oxygen atoms in total. The second kappa shape index (κ2) is 8.84. The molecular formula is C22H30F2N4O2S. The second-order valence-electron chi connectivity index (χ2n) is 9.06. The fraction of sp³-hybridized carbons (Fsp3) is 0.727.